The van der Waals surface area contributed by atoms with Crippen LogP contribution in [0.25, 0.3) is 0 Å². The molecule has 1 unspecified atom stereocenters. The topological polar surface area (TPSA) is 30.8 Å². The van der Waals surface area contributed by atoms with Gasteiger partial charge in [0.2, 0.25) is 11.5 Å². The quantitative estimate of drug-likeness (QED) is 0.741. The molecule has 0 N–H and O–H groups in total. The molecule has 3 rings (SSSR count). The monoisotopic (exact) mass is 311 g/mol. The highest BCUT2D eigenvalue weighted by atomic mass is 16.7. The summed E-state index contributed by atoms with van der Waals surface area (Å²) in [4.78, 5) is 11.0. The molecular weight excluding hydrogens is 288 g/mol. The highest BCUT2D eigenvalue weighted by Gasteiger charge is 2.48. The standard InChI is InChI=1S/C19H23N2O2/c1-4-17-19-18(22-3)11-8-13-21(19,15(2)20-17)23-14-12-16-9-6-5-7-10-16/h5-11,13H,4,12,14H2,1-3H3/q+1. The summed E-state index contributed by atoms with van der Waals surface area (Å²) in [5.41, 5.74) is 3.30. The number of amidine groups is 1. The largest absolute Gasteiger partial charge is 0.491 e. The molecule has 0 spiro atoms. The van der Waals surface area contributed by atoms with Crippen LogP contribution in [-0.2, 0) is 16.0 Å². The minimum Gasteiger partial charge on any atom is -0.491 e. The summed E-state index contributed by atoms with van der Waals surface area (Å²) >= 11 is 0. The molecule has 2 heterocycles. The van der Waals surface area contributed by atoms with Crippen LogP contribution in [0.4, 0.5) is 0 Å². The van der Waals surface area contributed by atoms with E-state index >= 15 is 0 Å². The summed E-state index contributed by atoms with van der Waals surface area (Å²) in [5, 5.41) is 0. The van der Waals surface area contributed by atoms with Crippen LogP contribution >= 0.6 is 0 Å². The van der Waals surface area contributed by atoms with Crippen molar-refractivity contribution in [1.82, 2.24) is 0 Å². The summed E-state index contributed by atoms with van der Waals surface area (Å²) in [6, 6.07) is 10.4. The smallest absolute Gasteiger partial charge is 0.243 e. The Morgan fingerprint density at radius 3 is 2.65 bits per heavy atom. The second-order valence-corrected chi connectivity index (χ2v) is 5.61. The second kappa shape index (κ2) is 6.52. The van der Waals surface area contributed by atoms with E-state index in [-0.39, 0.29) is 4.65 Å². The molecule has 1 atom stereocenters. The number of ether oxygens (including phenoxy) is 1. The van der Waals surface area contributed by atoms with Crippen molar-refractivity contribution in [2.24, 2.45) is 4.99 Å². The zero-order valence-electron chi connectivity index (χ0n) is 14.0. The molecule has 0 aromatic heterocycles. The van der Waals surface area contributed by atoms with Gasteiger partial charge in [-0.15, -0.1) is 0 Å². The summed E-state index contributed by atoms with van der Waals surface area (Å²) in [6.07, 6.45) is 7.69. The molecular formula is C19H23N2O2+. The normalized spacial score (nSPS) is 22.7. The van der Waals surface area contributed by atoms with Crippen LogP contribution in [0, 0.1) is 0 Å². The van der Waals surface area contributed by atoms with E-state index in [0.717, 1.165) is 35.8 Å². The highest BCUT2D eigenvalue weighted by Crippen LogP contribution is 2.39. The van der Waals surface area contributed by atoms with Crippen molar-refractivity contribution < 1.29 is 14.2 Å². The van der Waals surface area contributed by atoms with E-state index in [4.69, 9.17) is 14.6 Å². The number of aliphatic imine (C=N–C) groups is 1. The van der Waals surface area contributed by atoms with Gasteiger partial charge in [-0.1, -0.05) is 41.9 Å². The van der Waals surface area contributed by atoms with E-state index in [2.05, 4.69) is 31.2 Å². The number of fused-ring (bicyclic) bond motifs is 1. The summed E-state index contributed by atoms with van der Waals surface area (Å²) < 4.78 is 5.78. The van der Waals surface area contributed by atoms with Crippen LogP contribution in [0.1, 0.15) is 25.8 Å². The molecule has 0 fully saturated rings. The van der Waals surface area contributed by atoms with Gasteiger partial charge < -0.3 is 4.74 Å². The summed E-state index contributed by atoms with van der Waals surface area (Å²) in [6.45, 7) is 4.72. The molecule has 0 saturated heterocycles. The first-order valence-corrected chi connectivity index (χ1v) is 8.02. The molecule has 2 aliphatic heterocycles. The van der Waals surface area contributed by atoms with E-state index in [1.165, 1.54) is 5.56 Å². The van der Waals surface area contributed by atoms with Gasteiger partial charge in [0, 0.05) is 13.3 Å². The van der Waals surface area contributed by atoms with Gasteiger partial charge in [-0.25, -0.2) is 0 Å². The van der Waals surface area contributed by atoms with Crippen LogP contribution in [0.3, 0.4) is 0 Å². The van der Waals surface area contributed by atoms with Crippen molar-refractivity contribution in [3.63, 3.8) is 0 Å². The van der Waals surface area contributed by atoms with Gasteiger partial charge in [0.05, 0.1) is 7.11 Å². The second-order valence-electron chi connectivity index (χ2n) is 5.61. The molecule has 0 saturated carbocycles. The Kier molecular flexibility index (Phi) is 4.46. The maximum Gasteiger partial charge on any atom is 0.243 e. The van der Waals surface area contributed by atoms with Gasteiger partial charge in [0.15, 0.2) is 5.76 Å². The lowest BCUT2D eigenvalue weighted by atomic mass is 10.1. The average molecular weight is 311 g/mol. The van der Waals surface area contributed by atoms with Gasteiger partial charge in [-0.3, -0.25) is 0 Å². The molecule has 0 radical (unpaired) electrons. The molecule has 2 aliphatic rings. The molecule has 120 valence electrons. The Bertz CT molecular complexity index is 701. The first kappa shape index (κ1) is 15.7. The van der Waals surface area contributed by atoms with Crippen molar-refractivity contribution >= 4 is 5.84 Å². The third-order valence-electron chi connectivity index (χ3n) is 4.24. The van der Waals surface area contributed by atoms with Crippen LogP contribution in [-0.4, -0.2) is 24.2 Å². The fraction of sp³-hybridized carbons (Fsp3) is 0.316. The molecule has 1 aromatic rings. The minimum atomic E-state index is 0.218. The summed E-state index contributed by atoms with van der Waals surface area (Å²) in [5.74, 6) is 1.74. The Labute approximate surface area is 137 Å². The SMILES string of the molecule is CCC1=C2C(OC)=CC=C[N+]2(OCCc2ccccc2)C(C)=N1. The Morgan fingerprint density at radius 1 is 1.17 bits per heavy atom. The van der Waals surface area contributed by atoms with Gasteiger partial charge in [-0.05, 0) is 24.1 Å². The molecule has 0 aliphatic carbocycles. The number of nitrogens with zero attached hydrogens (tertiary/aromatic N) is 2. The maximum absolute atomic E-state index is 6.32. The van der Waals surface area contributed by atoms with Gasteiger partial charge >= 0.3 is 0 Å². The van der Waals surface area contributed by atoms with Crippen molar-refractivity contribution in [3.05, 3.63) is 71.4 Å². The van der Waals surface area contributed by atoms with E-state index in [0.29, 0.717) is 6.61 Å². The molecule has 23 heavy (non-hydrogen) atoms. The van der Waals surface area contributed by atoms with Crippen LogP contribution < -0.4 is 0 Å². The number of allylic oxidation sites excluding steroid dienone is 3. The fourth-order valence-electron chi connectivity index (χ4n) is 3.06. The average Bonchev–Trinajstić information content (AvgIpc) is 2.88. The van der Waals surface area contributed by atoms with E-state index < -0.39 is 0 Å². The summed E-state index contributed by atoms with van der Waals surface area (Å²) in [7, 11) is 1.69. The maximum atomic E-state index is 6.32. The van der Waals surface area contributed by atoms with E-state index in [1.54, 1.807) is 7.11 Å². The van der Waals surface area contributed by atoms with Crippen molar-refractivity contribution in [3.8, 4) is 0 Å². The first-order valence-electron chi connectivity index (χ1n) is 8.02. The minimum absolute atomic E-state index is 0.218. The van der Waals surface area contributed by atoms with Crippen LogP contribution in [0.5, 0.6) is 0 Å². The lowest BCUT2D eigenvalue weighted by Gasteiger charge is -2.31. The Morgan fingerprint density at radius 2 is 1.96 bits per heavy atom. The van der Waals surface area contributed by atoms with Gasteiger partial charge in [0.25, 0.3) is 0 Å². The third-order valence-corrected chi connectivity index (χ3v) is 4.24. The number of rotatable bonds is 6. The van der Waals surface area contributed by atoms with Crippen LogP contribution in [0.2, 0.25) is 0 Å². The number of quaternary nitrogens is 1. The van der Waals surface area contributed by atoms with Crippen LogP contribution in [0.15, 0.2) is 70.8 Å². The number of benzene rings is 1. The molecule has 0 amide bonds. The zero-order chi connectivity index (χ0) is 16.3. The Balaban J connectivity index is 1.83. The van der Waals surface area contributed by atoms with Gasteiger partial charge in [-0.2, -0.15) is 9.83 Å². The van der Waals surface area contributed by atoms with Crippen molar-refractivity contribution in [1.29, 1.82) is 0 Å². The molecule has 1 aromatic carbocycles. The number of hydrogen-bond donors (Lipinski definition) is 0. The first-order chi connectivity index (χ1) is 11.2. The van der Waals surface area contributed by atoms with Gasteiger partial charge in [0.1, 0.15) is 18.5 Å². The van der Waals surface area contributed by atoms with E-state index in [1.807, 2.05) is 31.3 Å². The lowest BCUT2D eigenvalue weighted by molar-refractivity contribution is -0.962. The zero-order valence-corrected chi connectivity index (χ0v) is 14.0. The molecule has 4 heteroatoms. The number of hydroxylamine groups is 3. The predicted octanol–water partition coefficient (Wildman–Crippen LogP) is 4.09. The molecule has 4 nitrogen and oxygen atoms in total. The third kappa shape index (κ3) is 2.76. The predicted molar refractivity (Wildman–Crippen MR) is 91.0 cm³/mol. The van der Waals surface area contributed by atoms with Crippen molar-refractivity contribution in [2.75, 3.05) is 13.7 Å². The molecule has 0 bridgehead atoms. The number of hydrogen-bond acceptors (Lipinski definition) is 3. The number of methoxy groups -OCH3 is 1. The Hall–Kier alpha value is -2.17. The van der Waals surface area contributed by atoms with E-state index in [9.17, 15) is 0 Å². The highest BCUT2D eigenvalue weighted by molar-refractivity contribution is 5.78. The van der Waals surface area contributed by atoms with Crippen molar-refractivity contribution in [2.45, 2.75) is 26.7 Å². The lowest BCUT2D eigenvalue weighted by Crippen LogP contribution is -2.46. The fourth-order valence-corrected chi connectivity index (χ4v) is 3.06.